The van der Waals surface area contributed by atoms with E-state index in [-0.39, 0.29) is 12.0 Å². The van der Waals surface area contributed by atoms with Crippen LogP contribution in [0.5, 0.6) is 0 Å². The number of piperazine rings is 1. The van der Waals surface area contributed by atoms with Crippen molar-refractivity contribution in [3.05, 3.63) is 21.4 Å². The molecule has 2 amide bonds. The highest BCUT2D eigenvalue weighted by atomic mass is 32.1. The number of thiophene rings is 1. The summed E-state index contributed by atoms with van der Waals surface area (Å²) in [6.45, 7) is 14.0. The second kappa shape index (κ2) is 7.19. The highest BCUT2D eigenvalue weighted by Gasteiger charge is 2.30. The van der Waals surface area contributed by atoms with Crippen LogP contribution in [0.25, 0.3) is 0 Å². The van der Waals surface area contributed by atoms with Gasteiger partial charge < -0.3 is 14.5 Å². The van der Waals surface area contributed by atoms with Crippen molar-refractivity contribution in [1.82, 2.24) is 14.7 Å². The van der Waals surface area contributed by atoms with Gasteiger partial charge in [-0.15, -0.1) is 11.3 Å². The Balaban J connectivity index is 1.55. The van der Waals surface area contributed by atoms with Gasteiger partial charge in [-0.2, -0.15) is 0 Å². The molecule has 26 heavy (non-hydrogen) atoms. The molecule has 3 heterocycles. The topological polar surface area (TPSA) is 53.1 Å². The predicted octanol–water partition coefficient (Wildman–Crippen LogP) is 3.17. The molecule has 1 fully saturated rings. The van der Waals surface area contributed by atoms with Crippen LogP contribution in [0.4, 0.5) is 4.79 Å². The lowest BCUT2D eigenvalue weighted by Crippen LogP contribution is -2.51. The highest BCUT2D eigenvalue weighted by Crippen LogP contribution is 2.32. The van der Waals surface area contributed by atoms with Gasteiger partial charge in [0.1, 0.15) is 5.60 Å². The van der Waals surface area contributed by atoms with Crippen LogP contribution in [0.3, 0.4) is 0 Å². The SMILES string of the molecule is CC(C)N1Cc2cc(C(=O)N3CCN(C(=O)OC(C)(C)C)CC3)sc2C1. The van der Waals surface area contributed by atoms with Gasteiger partial charge >= 0.3 is 6.09 Å². The lowest BCUT2D eigenvalue weighted by atomic mass is 10.2. The molecule has 7 heteroatoms. The monoisotopic (exact) mass is 379 g/mol. The molecular weight excluding hydrogens is 350 g/mol. The fraction of sp³-hybridized carbons (Fsp3) is 0.684. The van der Waals surface area contributed by atoms with Gasteiger partial charge in [-0.25, -0.2) is 4.79 Å². The van der Waals surface area contributed by atoms with E-state index in [4.69, 9.17) is 4.74 Å². The number of ether oxygens (including phenoxy) is 1. The molecule has 0 spiro atoms. The third-order valence-electron chi connectivity index (χ3n) is 4.78. The van der Waals surface area contributed by atoms with E-state index in [1.54, 1.807) is 16.2 Å². The van der Waals surface area contributed by atoms with Crippen molar-refractivity contribution in [1.29, 1.82) is 0 Å². The Bertz CT molecular complexity index is 661. The lowest BCUT2D eigenvalue weighted by molar-refractivity contribution is 0.0141. The van der Waals surface area contributed by atoms with Crippen LogP contribution in [-0.2, 0) is 17.8 Å². The summed E-state index contributed by atoms with van der Waals surface area (Å²) in [5, 5.41) is 0. The standard InChI is InChI=1S/C19H29N3O3S/c1-13(2)22-11-14-10-15(26-16(14)12-22)17(23)20-6-8-21(9-7-20)18(24)25-19(3,4)5/h10,13H,6-9,11-12H2,1-5H3. The fourth-order valence-corrected chi connectivity index (χ4v) is 4.41. The number of hydrogen-bond acceptors (Lipinski definition) is 5. The summed E-state index contributed by atoms with van der Waals surface area (Å²) >= 11 is 1.62. The van der Waals surface area contributed by atoms with Crippen molar-refractivity contribution in [3.63, 3.8) is 0 Å². The number of hydrogen-bond donors (Lipinski definition) is 0. The van der Waals surface area contributed by atoms with Crippen molar-refractivity contribution in [2.75, 3.05) is 26.2 Å². The summed E-state index contributed by atoms with van der Waals surface area (Å²) in [4.78, 5) is 33.0. The maximum absolute atomic E-state index is 12.8. The first-order valence-electron chi connectivity index (χ1n) is 9.27. The molecule has 0 aromatic carbocycles. The van der Waals surface area contributed by atoms with Crippen molar-refractivity contribution in [2.45, 2.75) is 59.4 Å². The first-order chi connectivity index (χ1) is 12.1. The minimum atomic E-state index is -0.495. The summed E-state index contributed by atoms with van der Waals surface area (Å²) in [5.74, 6) is 0.0873. The Morgan fingerprint density at radius 2 is 1.69 bits per heavy atom. The van der Waals surface area contributed by atoms with Crippen LogP contribution in [0.2, 0.25) is 0 Å². The van der Waals surface area contributed by atoms with E-state index in [2.05, 4.69) is 24.8 Å². The molecule has 3 rings (SSSR count). The van der Waals surface area contributed by atoms with E-state index >= 15 is 0 Å². The Morgan fingerprint density at radius 1 is 1.08 bits per heavy atom. The second-order valence-corrected chi connectivity index (χ2v) is 9.45. The number of nitrogens with zero attached hydrogens (tertiary/aromatic N) is 3. The van der Waals surface area contributed by atoms with E-state index in [1.165, 1.54) is 10.4 Å². The molecule has 1 aromatic rings. The minimum absolute atomic E-state index is 0.0873. The lowest BCUT2D eigenvalue weighted by Gasteiger charge is -2.35. The predicted molar refractivity (Wildman–Crippen MR) is 102 cm³/mol. The first kappa shape index (κ1) is 19.2. The molecule has 0 saturated carbocycles. The zero-order valence-corrected chi connectivity index (χ0v) is 17.2. The molecule has 0 bridgehead atoms. The van der Waals surface area contributed by atoms with Crippen LogP contribution in [-0.4, -0.2) is 64.5 Å². The number of amides is 2. The zero-order chi connectivity index (χ0) is 19.1. The van der Waals surface area contributed by atoms with Gasteiger partial charge in [0.25, 0.3) is 5.91 Å². The number of carbonyl (C=O) groups excluding carboxylic acids is 2. The molecule has 2 aliphatic rings. The smallest absolute Gasteiger partial charge is 0.410 e. The van der Waals surface area contributed by atoms with E-state index in [0.29, 0.717) is 32.2 Å². The van der Waals surface area contributed by atoms with Gasteiger partial charge in [0.15, 0.2) is 0 Å². The fourth-order valence-electron chi connectivity index (χ4n) is 3.24. The number of carbonyl (C=O) groups is 2. The Labute approximate surface area is 159 Å². The van der Waals surface area contributed by atoms with Crippen molar-refractivity contribution in [3.8, 4) is 0 Å². The molecule has 0 N–H and O–H groups in total. The van der Waals surface area contributed by atoms with Gasteiger partial charge in [-0.1, -0.05) is 0 Å². The highest BCUT2D eigenvalue weighted by molar-refractivity contribution is 7.14. The van der Waals surface area contributed by atoms with Gasteiger partial charge in [-0.05, 0) is 46.2 Å². The Hall–Kier alpha value is -1.60. The maximum Gasteiger partial charge on any atom is 0.410 e. The van der Waals surface area contributed by atoms with E-state index in [9.17, 15) is 9.59 Å². The Morgan fingerprint density at radius 3 is 2.23 bits per heavy atom. The Kier molecular flexibility index (Phi) is 5.30. The van der Waals surface area contributed by atoms with Crippen molar-refractivity contribution in [2.24, 2.45) is 0 Å². The van der Waals surface area contributed by atoms with Crippen LogP contribution >= 0.6 is 11.3 Å². The van der Waals surface area contributed by atoms with Gasteiger partial charge in [0, 0.05) is 50.2 Å². The third kappa shape index (κ3) is 4.20. The molecule has 6 nitrogen and oxygen atoms in total. The van der Waals surface area contributed by atoms with Crippen LogP contribution < -0.4 is 0 Å². The van der Waals surface area contributed by atoms with E-state index in [1.807, 2.05) is 25.7 Å². The van der Waals surface area contributed by atoms with Gasteiger partial charge in [0.2, 0.25) is 0 Å². The van der Waals surface area contributed by atoms with Gasteiger partial charge in [0.05, 0.1) is 4.88 Å². The molecule has 0 radical (unpaired) electrons. The molecule has 2 aliphatic heterocycles. The summed E-state index contributed by atoms with van der Waals surface area (Å²) in [6.07, 6.45) is -0.298. The average Bonchev–Trinajstić information content (AvgIpc) is 3.11. The van der Waals surface area contributed by atoms with E-state index in [0.717, 1.165) is 18.0 Å². The molecule has 0 aliphatic carbocycles. The molecule has 0 atom stereocenters. The van der Waals surface area contributed by atoms with E-state index < -0.39 is 5.60 Å². The number of fused-ring (bicyclic) bond motifs is 1. The van der Waals surface area contributed by atoms with Crippen LogP contribution in [0.15, 0.2) is 6.07 Å². The average molecular weight is 380 g/mol. The van der Waals surface area contributed by atoms with Crippen molar-refractivity contribution < 1.29 is 14.3 Å². The maximum atomic E-state index is 12.8. The third-order valence-corrected chi connectivity index (χ3v) is 5.93. The first-order valence-corrected chi connectivity index (χ1v) is 10.1. The van der Waals surface area contributed by atoms with Crippen molar-refractivity contribution >= 4 is 23.3 Å². The summed E-state index contributed by atoms with van der Waals surface area (Å²) in [7, 11) is 0. The normalized spacial score (nSPS) is 18.4. The minimum Gasteiger partial charge on any atom is -0.444 e. The van der Waals surface area contributed by atoms with Crippen LogP contribution in [0, 0.1) is 0 Å². The molecule has 0 unspecified atom stereocenters. The molecule has 1 aromatic heterocycles. The second-order valence-electron chi connectivity index (χ2n) is 8.32. The summed E-state index contributed by atoms with van der Waals surface area (Å²) < 4.78 is 5.41. The number of rotatable bonds is 2. The summed E-state index contributed by atoms with van der Waals surface area (Å²) in [6, 6.07) is 2.58. The van der Waals surface area contributed by atoms with Crippen LogP contribution in [0.1, 0.15) is 54.7 Å². The molecule has 1 saturated heterocycles. The van der Waals surface area contributed by atoms with Gasteiger partial charge in [-0.3, -0.25) is 9.69 Å². The largest absolute Gasteiger partial charge is 0.444 e. The molecular formula is C19H29N3O3S. The quantitative estimate of drug-likeness (QED) is 0.792. The zero-order valence-electron chi connectivity index (χ0n) is 16.4. The summed E-state index contributed by atoms with van der Waals surface area (Å²) in [5.41, 5.74) is 0.797. The molecule has 144 valence electrons.